The highest BCUT2D eigenvalue weighted by atomic mass is 19.4. The Labute approximate surface area is 108 Å². The summed E-state index contributed by atoms with van der Waals surface area (Å²) in [5.41, 5.74) is 7.83. The summed E-state index contributed by atoms with van der Waals surface area (Å²) in [5.74, 6) is -0.246. The Morgan fingerprint density at radius 2 is 2.00 bits per heavy atom. The Bertz CT molecular complexity index is 596. The summed E-state index contributed by atoms with van der Waals surface area (Å²) in [6.07, 6.45) is -4.12. The number of benzene rings is 1. The zero-order chi connectivity index (χ0) is 14.0. The Morgan fingerprint density at radius 3 is 2.63 bits per heavy atom. The second kappa shape index (κ2) is 5.05. The summed E-state index contributed by atoms with van der Waals surface area (Å²) in [7, 11) is 0. The maximum absolute atomic E-state index is 12.2. The van der Waals surface area contributed by atoms with Crippen LogP contribution in [0.2, 0.25) is 0 Å². The third-order valence-corrected chi connectivity index (χ3v) is 2.64. The molecule has 0 unspecified atom stereocenters. The second-order valence-electron chi connectivity index (χ2n) is 4.19. The quantitative estimate of drug-likeness (QED) is 0.932. The average molecular weight is 270 g/mol. The highest BCUT2D eigenvalue weighted by Gasteiger charge is 2.31. The molecule has 102 valence electrons. The summed E-state index contributed by atoms with van der Waals surface area (Å²) >= 11 is 0. The first kappa shape index (κ1) is 13.6. The van der Waals surface area contributed by atoms with E-state index in [1.807, 2.05) is 13.0 Å². The van der Waals surface area contributed by atoms with Gasteiger partial charge in [0, 0.05) is 11.1 Å². The van der Waals surface area contributed by atoms with Crippen molar-refractivity contribution in [2.24, 2.45) is 5.73 Å². The number of aryl methyl sites for hydroxylation is 1. The molecule has 2 rings (SSSR count). The summed E-state index contributed by atoms with van der Waals surface area (Å²) in [5, 5.41) is 0.637. The van der Waals surface area contributed by atoms with Crippen molar-refractivity contribution >= 4 is 10.9 Å². The number of hydrogen-bond acceptors (Lipinski definition) is 3. The van der Waals surface area contributed by atoms with Crippen molar-refractivity contribution < 1.29 is 17.9 Å². The van der Waals surface area contributed by atoms with Gasteiger partial charge in [-0.2, -0.15) is 0 Å². The second-order valence-corrected chi connectivity index (χ2v) is 4.19. The van der Waals surface area contributed by atoms with Crippen molar-refractivity contribution in [1.29, 1.82) is 0 Å². The van der Waals surface area contributed by atoms with Crippen molar-refractivity contribution in [2.75, 3.05) is 6.54 Å². The largest absolute Gasteiger partial charge is 0.573 e. The summed E-state index contributed by atoms with van der Waals surface area (Å²) in [4.78, 5) is 4.28. The number of nitrogens with two attached hydrogens (primary N) is 1. The normalized spacial score (nSPS) is 11.8. The van der Waals surface area contributed by atoms with Crippen molar-refractivity contribution in [3.63, 3.8) is 0 Å². The lowest BCUT2D eigenvalue weighted by molar-refractivity contribution is -0.274. The van der Waals surface area contributed by atoms with Crippen LogP contribution in [0.25, 0.3) is 10.9 Å². The lowest BCUT2D eigenvalue weighted by Gasteiger charge is -2.11. The Hall–Kier alpha value is -1.82. The van der Waals surface area contributed by atoms with E-state index in [0.29, 0.717) is 23.9 Å². The van der Waals surface area contributed by atoms with Crippen molar-refractivity contribution in [3.8, 4) is 5.75 Å². The molecule has 3 nitrogen and oxygen atoms in total. The third-order valence-electron chi connectivity index (χ3n) is 2.64. The van der Waals surface area contributed by atoms with Crippen LogP contribution in [-0.4, -0.2) is 17.9 Å². The first-order valence-electron chi connectivity index (χ1n) is 5.75. The van der Waals surface area contributed by atoms with E-state index in [1.54, 1.807) is 0 Å². The number of pyridine rings is 1. The molecule has 0 aliphatic carbocycles. The van der Waals surface area contributed by atoms with Gasteiger partial charge in [0.05, 0.1) is 5.52 Å². The molecule has 0 amide bonds. The number of fused-ring (bicyclic) bond motifs is 1. The van der Waals surface area contributed by atoms with Gasteiger partial charge in [-0.3, -0.25) is 4.98 Å². The molecule has 2 N–H and O–H groups in total. The molecule has 0 saturated carbocycles. The van der Waals surface area contributed by atoms with Crippen molar-refractivity contribution in [2.45, 2.75) is 19.7 Å². The maximum Gasteiger partial charge on any atom is 0.573 e. The minimum Gasteiger partial charge on any atom is -0.406 e. The number of alkyl halides is 3. The van der Waals surface area contributed by atoms with E-state index in [0.717, 1.165) is 11.3 Å². The molecular weight excluding hydrogens is 257 g/mol. The van der Waals surface area contributed by atoms with E-state index in [1.165, 1.54) is 18.2 Å². The Kier molecular flexibility index (Phi) is 3.61. The molecular formula is C13H13F3N2O. The van der Waals surface area contributed by atoms with Gasteiger partial charge in [0.2, 0.25) is 0 Å². The topological polar surface area (TPSA) is 48.1 Å². The van der Waals surface area contributed by atoms with E-state index in [-0.39, 0.29) is 5.75 Å². The molecule has 19 heavy (non-hydrogen) atoms. The molecule has 0 fully saturated rings. The van der Waals surface area contributed by atoms with Gasteiger partial charge in [-0.15, -0.1) is 13.2 Å². The molecule has 0 bridgehead atoms. The summed E-state index contributed by atoms with van der Waals surface area (Å²) < 4.78 is 40.5. The molecule has 1 aromatic heterocycles. The number of rotatable bonds is 3. The molecule has 0 aliphatic rings. The van der Waals surface area contributed by atoms with Crippen LogP contribution in [0.5, 0.6) is 5.75 Å². The van der Waals surface area contributed by atoms with Crippen LogP contribution < -0.4 is 10.5 Å². The summed E-state index contributed by atoms with van der Waals surface area (Å²) in [6.45, 7) is 2.25. The van der Waals surface area contributed by atoms with Crippen LogP contribution in [0, 0.1) is 6.92 Å². The van der Waals surface area contributed by atoms with Gasteiger partial charge in [0.1, 0.15) is 5.75 Å². The van der Waals surface area contributed by atoms with Gasteiger partial charge >= 0.3 is 6.36 Å². The minimum atomic E-state index is -4.69. The lowest BCUT2D eigenvalue weighted by Crippen LogP contribution is -2.17. The highest BCUT2D eigenvalue weighted by Crippen LogP contribution is 2.28. The SMILES string of the molecule is Cc1cc(CCN)c2cc(OC(F)(F)F)ccc2n1. The van der Waals surface area contributed by atoms with Gasteiger partial charge in [0.25, 0.3) is 0 Å². The standard InChI is InChI=1S/C13H13F3N2O/c1-8-6-9(4-5-17)11-7-10(19-13(14,15)16)2-3-12(11)18-8/h2-3,6-7H,4-5,17H2,1H3. The van der Waals surface area contributed by atoms with Gasteiger partial charge in [-0.05, 0) is 49.7 Å². The fraction of sp³-hybridized carbons (Fsp3) is 0.308. The molecule has 6 heteroatoms. The fourth-order valence-corrected chi connectivity index (χ4v) is 1.98. The van der Waals surface area contributed by atoms with Crippen LogP contribution in [0.3, 0.4) is 0 Å². The number of aromatic nitrogens is 1. The van der Waals surface area contributed by atoms with Gasteiger partial charge < -0.3 is 10.5 Å². The lowest BCUT2D eigenvalue weighted by atomic mass is 10.0. The van der Waals surface area contributed by atoms with E-state index in [2.05, 4.69) is 9.72 Å². The average Bonchev–Trinajstić information content (AvgIpc) is 2.28. The number of hydrogen-bond donors (Lipinski definition) is 1. The maximum atomic E-state index is 12.2. The molecule has 0 aliphatic heterocycles. The molecule has 1 aromatic carbocycles. The van der Waals surface area contributed by atoms with Crippen molar-refractivity contribution in [1.82, 2.24) is 4.98 Å². The highest BCUT2D eigenvalue weighted by molar-refractivity contribution is 5.84. The Morgan fingerprint density at radius 1 is 1.26 bits per heavy atom. The molecule has 0 radical (unpaired) electrons. The number of ether oxygens (including phenoxy) is 1. The number of halogens is 3. The van der Waals surface area contributed by atoms with Gasteiger partial charge in [-0.1, -0.05) is 0 Å². The molecule has 0 spiro atoms. The van der Waals surface area contributed by atoms with Crippen LogP contribution in [0.4, 0.5) is 13.2 Å². The predicted octanol–water partition coefficient (Wildman–Crippen LogP) is 2.94. The van der Waals surface area contributed by atoms with Gasteiger partial charge in [-0.25, -0.2) is 0 Å². The Balaban J connectivity index is 2.51. The van der Waals surface area contributed by atoms with Crippen LogP contribution in [0.15, 0.2) is 24.3 Å². The molecule has 1 heterocycles. The van der Waals surface area contributed by atoms with Crippen LogP contribution in [-0.2, 0) is 6.42 Å². The van der Waals surface area contributed by atoms with E-state index >= 15 is 0 Å². The zero-order valence-electron chi connectivity index (χ0n) is 10.3. The predicted molar refractivity (Wildman–Crippen MR) is 65.9 cm³/mol. The molecule has 0 saturated heterocycles. The smallest absolute Gasteiger partial charge is 0.406 e. The summed E-state index contributed by atoms with van der Waals surface area (Å²) in [6, 6.07) is 5.95. The van der Waals surface area contributed by atoms with Crippen LogP contribution in [0.1, 0.15) is 11.3 Å². The van der Waals surface area contributed by atoms with E-state index in [9.17, 15) is 13.2 Å². The molecule has 0 atom stereocenters. The van der Waals surface area contributed by atoms with Gasteiger partial charge in [0.15, 0.2) is 0 Å². The molecule has 2 aromatic rings. The van der Waals surface area contributed by atoms with Crippen molar-refractivity contribution in [3.05, 3.63) is 35.5 Å². The van der Waals surface area contributed by atoms with E-state index in [4.69, 9.17) is 5.73 Å². The first-order chi connectivity index (χ1) is 8.89. The number of nitrogens with zero attached hydrogens (tertiary/aromatic N) is 1. The zero-order valence-corrected chi connectivity index (χ0v) is 10.3. The third kappa shape index (κ3) is 3.35. The first-order valence-corrected chi connectivity index (χ1v) is 5.75. The van der Waals surface area contributed by atoms with E-state index < -0.39 is 6.36 Å². The van der Waals surface area contributed by atoms with Crippen LogP contribution >= 0.6 is 0 Å². The monoisotopic (exact) mass is 270 g/mol. The minimum absolute atomic E-state index is 0.246. The fourth-order valence-electron chi connectivity index (χ4n) is 1.98.